The molecular weight excluding hydrogens is 236 g/mol. The molecule has 1 aromatic carbocycles. The quantitative estimate of drug-likeness (QED) is 0.869. The first-order valence-corrected chi connectivity index (χ1v) is 7.46. The molecule has 2 aliphatic rings. The maximum Gasteiger partial charge on any atom is 0.0724 e. The minimum absolute atomic E-state index is 0.402. The van der Waals surface area contributed by atoms with Gasteiger partial charge in [-0.1, -0.05) is 24.3 Å². The Labute approximate surface area is 115 Å². The van der Waals surface area contributed by atoms with Crippen molar-refractivity contribution >= 4 is 0 Å². The van der Waals surface area contributed by atoms with E-state index in [1.807, 2.05) is 7.11 Å². The minimum atomic E-state index is 0.402. The largest absolute Gasteiger partial charge is 0.380 e. The molecular formula is C16H24N2O. The molecule has 0 saturated heterocycles. The van der Waals surface area contributed by atoms with E-state index in [2.05, 4.69) is 34.9 Å². The van der Waals surface area contributed by atoms with E-state index in [0.29, 0.717) is 18.2 Å². The van der Waals surface area contributed by atoms with Crippen LogP contribution in [-0.4, -0.2) is 32.3 Å². The molecule has 3 heteroatoms. The molecule has 0 aromatic heterocycles. The second-order valence-corrected chi connectivity index (χ2v) is 5.68. The van der Waals surface area contributed by atoms with Crippen LogP contribution < -0.4 is 10.6 Å². The number of hydrogen-bond donors (Lipinski definition) is 2. The van der Waals surface area contributed by atoms with Gasteiger partial charge in [-0.3, -0.25) is 0 Å². The predicted molar refractivity (Wildman–Crippen MR) is 77.3 cm³/mol. The third kappa shape index (κ3) is 2.83. The van der Waals surface area contributed by atoms with Crippen LogP contribution >= 0.6 is 0 Å². The third-order valence-electron chi connectivity index (χ3n) is 4.56. The normalized spacial score (nSPS) is 30.3. The molecule has 1 aliphatic carbocycles. The molecule has 1 saturated carbocycles. The van der Waals surface area contributed by atoms with Crippen LogP contribution in [0.5, 0.6) is 0 Å². The van der Waals surface area contributed by atoms with Crippen LogP contribution in [0.3, 0.4) is 0 Å². The van der Waals surface area contributed by atoms with Crippen molar-refractivity contribution in [1.29, 1.82) is 0 Å². The molecule has 1 heterocycles. The average molecular weight is 260 g/mol. The molecule has 0 radical (unpaired) electrons. The Balaban J connectivity index is 1.62. The molecule has 1 aliphatic heterocycles. The van der Waals surface area contributed by atoms with Crippen LogP contribution in [-0.2, 0) is 11.2 Å². The molecule has 1 aromatic rings. The molecule has 0 amide bonds. The number of nitrogens with one attached hydrogen (secondary N) is 2. The molecule has 104 valence electrons. The Bertz CT molecular complexity index is 421. The van der Waals surface area contributed by atoms with E-state index in [9.17, 15) is 0 Å². The van der Waals surface area contributed by atoms with Gasteiger partial charge in [0.15, 0.2) is 0 Å². The Kier molecular flexibility index (Phi) is 4.16. The maximum atomic E-state index is 5.55. The molecule has 3 rings (SSSR count). The molecule has 2 N–H and O–H groups in total. The van der Waals surface area contributed by atoms with Crippen molar-refractivity contribution in [2.24, 2.45) is 0 Å². The second kappa shape index (κ2) is 6.04. The smallest absolute Gasteiger partial charge is 0.0724 e. The minimum Gasteiger partial charge on any atom is -0.380 e. The lowest BCUT2D eigenvalue weighted by atomic mass is 9.94. The van der Waals surface area contributed by atoms with E-state index < -0.39 is 0 Å². The van der Waals surface area contributed by atoms with Gasteiger partial charge in [0.05, 0.1) is 6.10 Å². The summed E-state index contributed by atoms with van der Waals surface area (Å²) in [7, 11) is 1.83. The topological polar surface area (TPSA) is 33.3 Å². The number of rotatable bonds is 4. The van der Waals surface area contributed by atoms with Crippen LogP contribution in [0, 0.1) is 0 Å². The summed E-state index contributed by atoms with van der Waals surface area (Å²) in [6.07, 6.45) is 5.27. The van der Waals surface area contributed by atoms with Gasteiger partial charge in [-0.15, -0.1) is 0 Å². The third-order valence-corrected chi connectivity index (χ3v) is 4.56. The molecule has 19 heavy (non-hydrogen) atoms. The molecule has 3 atom stereocenters. The Hall–Kier alpha value is -0.900. The first-order valence-electron chi connectivity index (χ1n) is 7.46. The standard InChI is InChI=1S/C16H24N2O/c1-19-16-8-4-7-14(16)18-11-15-13-6-3-2-5-12(13)9-10-17-15/h2-3,5-6,14-18H,4,7-11H2,1H3. The van der Waals surface area contributed by atoms with Gasteiger partial charge in [0.25, 0.3) is 0 Å². The van der Waals surface area contributed by atoms with Crippen molar-refractivity contribution in [1.82, 2.24) is 10.6 Å². The summed E-state index contributed by atoms with van der Waals surface area (Å²) in [4.78, 5) is 0. The number of methoxy groups -OCH3 is 1. The summed E-state index contributed by atoms with van der Waals surface area (Å²) in [6, 6.07) is 9.79. The Morgan fingerprint density at radius 1 is 1.32 bits per heavy atom. The van der Waals surface area contributed by atoms with E-state index in [1.54, 1.807) is 0 Å². The first kappa shape index (κ1) is 13.1. The zero-order valence-electron chi connectivity index (χ0n) is 11.7. The summed E-state index contributed by atoms with van der Waals surface area (Å²) < 4.78 is 5.55. The fraction of sp³-hybridized carbons (Fsp3) is 0.625. The van der Waals surface area contributed by atoms with Gasteiger partial charge >= 0.3 is 0 Å². The van der Waals surface area contributed by atoms with Crippen molar-refractivity contribution in [2.45, 2.75) is 43.9 Å². The second-order valence-electron chi connectivity index (χ2n) is 5.68. The van der Waals surface area contributed by atoms with Crippen LogP contribution in [0.2, 0.25) is 0 Å². The van der Waals surface area contributed by atoms with Crippen molar-refractivity contribution < 1.29 is 4.74 Å². The van der Waals surface area contributed by atoms with E-state index in [-0.39, 0.29) is 0 Å². The van der Waals surface area contributed by atoms with Gasteiger partial charge in [0.1, 0.15) is 0 Å². The fourth-order valence-corrected chi connectivity index (χ4v) is 3.49. The van der Waals surface area contributed by atoms with Crippen molar-refractivity contribution in [3.63, 3.8) is 0 Å². The summed E-state index contributed by atoms with van der Waals surface area (Å²) in [5.41, 5.74) is 2.97. The van der Waals surface area contributed by atoms with Gasteiger partial charge in [-0.05, 0) is 43.4 Å². The van der Waals surface area contributed by atoms with Crippen LogP contribution in [0.15, 0.2) is 24.3 Å². The van der Waals surface area contributed by atoms with Gasteiger partial charge < -0.3 is 15.4 Å². The van der Waals surface area contributed by atoms with E-state index in [1.165, 1.54) is 30.4 Å². The number of fused-ring (bicyclic) bond motifs is 1. The zero-order valence-corrected chi connectivity index (χ0v) is 11.7. The predicted octanol–water partition coefficient (Wildman–Crippen LogP) is 2.03. The lowest BCUT2D eigenvalue weighted by molar-refractivity contribution is 0.0843. The number of benzene rings is 1. The molecule has 3 nitrogen and oxygen atoms in total. The summed E-state index contributed by atoms with van der Waals surface area (Å²) >= 11 is 0. The van der Waals surface area contributed by atoms with Gasteiger partial charge in [-0.2, -0.15) is 0 Å². The fourth-order valence-electron chi connectivity index (χ4n) is 3.49. The highest BCUT2D eigenvalue weighted by Crippen LogP contribution is 2.24. The Morgan fingerprint density at radius 3 is 3.11 bits per heavy atom. The summed E-state index contributed by atoms with van der Waals surface area (Å²) in [5, 5.41) is 7.33. The SMILES string of the molecule is COC1CCCC1NCC1NCCc2ccccc21. The zero-order chi connectivity index (χ0) is 13.1. The molecule has 0 spiro atoms. The van der Waals surface area contributed by atoms with Crippen LogP contribution in [0.1, 0.15) is 36.4 Å². The summed E-state index contributed by atoms with van der Waals surface area (Å²) in [5.74, 6) is 0. The summed E-state index contributed by atoms with van der Waals surface area (Å²) in [6.45, 7) is 2.09. The van der Waals surface area contributed by atoms with E-state index >= 15 is 0 Å². The van der Waals surface area contributed by atoms with E-state index in [4.69, 9.17) is 4.74 Å². The highest BCUT2D eigenvalue weighted by atomic mass is 16.5. The lowest BCUT2D eigenvalue weighted by Gasteiger charge is -2.29. The highest BCUT2D eigenvalue weighted by Gasteiger charge is 2.28. The Morgan fingerprint density at radius 2 is 2.21 bits per heavy atom. The highest BCUT2D eigenvalue weighted by molar-refractivity contribution is 5.32. The monoisotopic (exact) mass is 260 g/mol. The van der Waals surface area contributed by atoms with E-state index in [0.717, 1.165) is 19.5 Å². The van der Waals surface area contributed by atoms with Gasteiger partial charge in [-0.25, -0.2) is 0 Å². The molecule has 1 fully saturated rings. The molecule has 3 unspecified atom stereocenters. The van der Waals surface area contributed by atoms with Crippen molar-refractivity contribution in [3.05, 3.63) is 35.4 Å². The van der Waals surface area contributed by atoms with Crippen molar-refractivity contribution in [2.75, 3.05) is 20.2 Å². The average Bonchev–Trinajstić information content (AvgIpc) is 2.92. The van der Waals surface area contributed by atoms with Gasteiger partial charge in [0.2, 0.25) is 0 Å². The molecule has 0 bridgehead atoms. The number of hydrogen-bond acceptors (Lipinski definition) is 3. The van der Waals surface area contributed by atoms with Crippen LogP contribution in [0.4, 0.5) is 0 Å². The van der Waals surface area contributed by atoms with Gasteiger partial charge in [0, 0.05) is 25.7 Å². The number of ether oxygens (including phenoxy) is 1. The first-order chi connectivity index (χ1) is 9.38. The maximum absolute atomic E-state index is 5.55. The van der Waals surface area contributed by atoms with Crippen molar-refractivity contribution in [3.8, 4) is 0 Å². The van der Waals surface area contributed by atoms with Crippen LogP contribution in [0.25, 0.3) is 0 Å². The lowest BCUT2D eigenvalue weighted by Crippen LogP contribution is -2.43.